The van der Waals surface area contributed by atoms with Gasteiger partial charge in [0.15, 0.2) is 5.65 Å². The Hall–Kier alpha value is -4.22. The van der Waals surface area contributed by atoms with E-state index >= 15 is 0 Å². The highest BCUT2D eigenvalue weighted by molar-refractivity contribution is 7.12. The number of aromatic nitrogens is 3. The van der Waals surface area contributed by atoms with Crippen LogP contribution in [0, 0.1) is 11.3 Å². The normalized spacial score (nSPS) is 10.9. The van der Waals surface area contributed by atoms with Crippen molar-refractivity contribution in [2.75, 3.05) is 11.1 Å². The Labute approximate surface area is 175 Å². The molecule has 144 valence electrons. The molecular formula is C22H14N6OS. The molecule has 0 spiro atoms. The van der Waals surface area contributed by atoms with E-state index in [2.05, 4.69) is 21.4 Å². The maximum atomic E-state index is 12.2. The molecule has 0 fully saturated rings. The number of thiophene rings is 1. The fourth-order valence-corrected chi connectivity index (χ4v) is 3.95. The Morgan fingerprint density at radius 2 is 1.77 bits per heavy atom. The number of nitrogen functional groups attached to an aromatic ring is 1. The molecule has 0 aliphatic heterocycles. The topological polar surface area (TPSA) is 110 Å². The summed E-state index contributed by atoms with van der Waals surface area (Å²) >= 11 is 1.38. The molecule has 8 heteroatoms. The first-order valence-electron chi connectivity index (χ1n) is 9.08. The number of nitrogens with zero attached hydrogens (tertiary/aromatic N) is 4. The van der Waals surface area contributed by atoms with Crippen molar-refractivity contribution < 1.29 is 4.79 Å². The largest absolute Gasteiger partial charge is 0.384 e. The molecule has 0 unspecified atom stereocenters. The van der Waals surface area contributed by atoms with E-state index in [0.29, 0.717) is 38.3 Å². The van der Waals surface area contributed by atoms with Crippen LogP contribution in [0.5, 0.6) is 0 Å². The lowest BCUT2D eigenvalue weighted by Gasteiger charge is -2.09. The van der Waals surface area contributed by atoms with Gasteiger partial charge < -0.3 is 11.1 Å². The zero-order valence-electron chi connectivity index (χ0n) is 15.5. The second kappa shape index (κ2) is 6.99. The number of carbonyl (C=O) groups is 1. The maximum Gasteiger partial charge on any atom is 0.265 e. The molecule has 2 aromatic carbocycles. The molecule has 30 heavy (non-hydrogen) atoms. The average Bonchev–Trinajstić information content (AvgIpc) is 3.39. The number of fused-ring (bicyclic) bond motifs is 2. The summed E-state index contributed by atoms with van der Waals surface area (Å²) in [6.07, 6.45) is 0. The summed E-state index contributed by atoms with van der Waals surface area (Å²) in [7, 11) is 0. The third-order valence-electron chi connectivity index (χ3n) is 4.74. The van der Waals surface area contributed by atoms with E-state index in [1.54, 1.807) is 22.8 Å². The lowest BCUT2D eigenvalue weighted by Crippen LogP contribution is -2.10. The molecule has 0 aliphatic carbocycles. The molecule has 7 nitrogen and oxygen atoms in total. The second-order valence-electron chi connectivity index (χ2n) is 6.57. The first-order valence-corrected chi connectivity index (χ1v) is 9.96. The molecule has 0 bridgehead atoms. The van der Waals surface area contributed by atoms with Gasteiger partial charge in [0, 0.05) is 11.4 Å². The van der Waals surface area contributed by atoms with Gasteiger partial charge in [0.1, 0.15) is 23.0 Å². The Morgan fingerprint density at radius 3 is 2.43 bits per heavy atom. The number of hydrogen-bond acceptors (Lipinski definition) is 6. The number of nitrogens with one attached hydrogen (secondary N) is 1. The molecule has 5 aromatic rings. The minimum absolute atomic E-state index is 0.159. The molecule has 0 aliphatic rings. The number of hydrogen-bond donors (Lipinski definition) is 2. The Bertz CT molecular complexity index is 1450. The molecule has 1 amide bonds. The van der Waals surface area contributed by atoms with Crippen molar-refractivity contribution in [2.45, 2.75) is 0 Å². The summed E-state index contributed by atoms with van der Waals surface area (Å²) in [6.45, 7) is 0. The zero-order chi connectivity index (χ0) is 20.7. The molecule has 0 atom stereocenters. The van der Waals surface area contributed by atoms with Crippen LogP contribution in [0.2, 0.25) is 0 Å². The van der Waals surface area contributed by atoms with E-state index < -0.39 is 0 Å². The minimum atomic E-state index is -0.159. The molecule has 0 saturated heterocycles. The summed E-state index contributed by atoms with van der Waals surface area (Å²) in [5.74, 6) is 0.117. The number of rotatable bonds is 3. The van der Waals surface area contributed by atoms with E-state index in [1.165, 1.54) is 11.3 Å². The monoisotopic (exact) mass is 410 g/mol. The number of nitriles is 1. The molecule has 3 aromatic heterocycles. The standard InChI is InChI=1S/C22H14N6OS/c23-12-15-19-21(27-17-5-2-1-4-16(17)26-19)28(20(15)24)14-9-7-13(8-10-14)25-22(29)18-6-3-11-30-18/h1-11H,24H2,(H,25,29). The van der Waals surface area contributed by atoms with E-state index in [4.69, 9.17) is 5.73 Å². The zero-order valence-corrected chi connectivity index (χ0v) is 16.4. The van der Waals surface area contributed by atoms with E-state index in [1.807, 2.05) is 47.8 Å². The number of anilines is 2. The number of nitrogens with two attached hydrogens (primary N) is 1. The van der Waals surface area contributed by atoms with Gasteiger partial charge in [0.25, 0.3) is 5.91 Å². The van der Waals surface area contributed by atoms with Crippen LogP contribution in [-0.4, -0.2) is 20.4 Å². The van der Waals surface area contributed by atoms with Gasteiger partial charge in [-0.2, -0.15) is 5.26 Å². The van der Waals surface area contributed by atoms with Gasteiger partial charge in [-0.15, -0.1) is 11.3 Å². The molecule has 0 saturated carbocycles. The summed E-state index contributed by atoms with van der Waals surface area (Å²) in [6, 6.07) is 20.4. The van der Waals surface area contributed by atoms with E-state index in [0.717, 1.165) is 5.69 Å². The van der Waals surface area contributed by atoms with Gasteiger partial charge in [0.2, 0.25) is 0 Å². The van der Waals surface area contributed by atoms with Crippen molar-refractivity contribution in [3.05, 3.63) is 76.5 Å². The van der Waals surface area contributed by atoms with Crippen LogP contribution in [0.3, 0.4) is 0 Å². The fourth-order valence-electron chi connectivity index (χ4n) is 3.33. The number of carbonyl (C=O) groups excluding carboxylic acids is 1. The van der Waals surface area contributed by atoms with Crippen molar-refractivity contribution in [1.29, 1.82) is 5.26 Å². The Balaban J connectivity index is 1.59. The van der Waals surface area contributed by atoms with Gasteiger partial charge in [-0.3, -0.25) is 9.36 Å². The highest BCUT2D eigenvalue weighted by atomic mass is 32.1. The van der Waals surface area contributed by atoms with Gasteiger partial charge in [-0.1, -0.05) is 18.2 Å². The van der Waals surface area contributed by atoms with Crippen molar-refractivity contribution in [1.82, 2.24) is 14.5 Å². The number of para-hydroxylation sites is 2. The highest BCUT2D eigenvalue weighted by Gasteiger charge is 2.19. The molecule has 5 rings (SSSR count). The van der Waals surface area contributed by atoms with Gasteiger partial charge >= 0.3 is 0 Å². The smallest absolute Gasteiger partial charge is 0.265 e. The van der Waals surface area contributed by atoms with Crippen molar-refractivity contribution in [3.8, 4) is 11.8 Å². The first-order chi connectivity index (χ1) is 14.7. The lowest BCUT2D eigenvalue weighted by atomic mass is 10.2. The third-order valence-corrected chi connectivity index (χ3v) is 5.61. The summed E-state index contributed by atoms with van der Waals surface area (Å²) < 4.78 is 1.71. The Morgan fingerprint density at radius 1 is 1.03 bits per heavy atom. The molecule has 3 N–H and O–H groups in total. The van der Waals surface area contributed by atoms with Crippen LogP contribution in [0.1, 0.15) is 15.2 Å². The van der Waals surface area contributed by atoms with E-state index in [-0.39, 0.29) is 11.7 Å². The van der Waals surface area contributed by atoms with Crippen molar-refractivity contribution >= 4 is 50.9 Å². The summed E-state index contributed by atoms with van der Waals surface area (Å²) in [4.78, 5) is 22.2. The van der Waals surface area contributed by atoms with Crippen LogP contribution >= 0.6 is 11.3 Å². The maximum absolute atomic E-state index is 12.2. The van der Waals surface area contributed by atoms with Crippen LogP contribution in [-0.2, 0) is 0 Å². The van der Waals surface area contributed by atoms with Gasteiger partial charge in [-0.25, -0.2) is 9.97 Å². The van der Waals surface area contributed by atoms with E-state index in [9.17, 15) is 10.1 Å². The SMILES string of the molecule is N#Cc1c(N)n(-c2ccc(NC(=O)c3cccs3)cc2)c2nc3ccccc3nc12. The number of amides is 1. The predicted octanol–water partition coefficient (Wildman–Crippen LogP) is 4.34. The number of benzene rings is 2. The summed E-state index contributed by atoms with van der Waals surface area (Å²) in [5.41, 5.74) is 10.4. The molecule has 0 radical (unpaired) electrons. The summed E-state index contributed by atoms with van der Waals surface area (Å²) in [5, 5.41) is 14.3. The van der Waals surface area contributed by atoms with Gasteiger partial charge in [-0.05, 0) is 47.8 Å². The van der Waals surface area contributed by atoms with Crippen molar-refractivity contribution in [3.63, 3.8) is 0 Å². The van der Waals surface area contributed by atoms with Gasteiger partial charge in [0.05, 0.1) is 15.9 Å². The lowest BCUT2D eigenvalue weighted by molar-refractivity contribution is 0.103. The fraction of sp³-hybridized carbons (Fsp3) is 0. The van der Waals surface area contributed by atoms with Crippen LogP contribution < -0.4 is 11.1 Å². The highest BCUT2D eigenvalue weighted by Crippen LogP contribution is 2.30. The van der Waals surface area contributed by atoms with Crippen LogP contribution in [0.4, 0.5) is 11.5 Å². The predicted molar refractivity (Wildman–Crippen MR) is 118 cm³/mol. The minimum Gasteiger partial charge on any atom is -0.384 e. The average molecular weight is 410 g/mol. The first kappa shape index (κ1) is 17.8. The quantitative estimate of drug-likeness (QED) is 0.460. The Kier molecular flexibility index (Phi) is 4.16. The van der Waals surface area contributed by atoms with Crippen molar-refractivity contribution in [2.24, 2.45) is 0 Å². The third kappa shape index (κ3) is 2.85. The van der Waals surface area contributed by atoms with Crippen LogP contribution in [0.15, 0.2) is 66.0 Å². The second-order valence-corrected chi connectivity index (χ2v) is 7.52. The molecule has 3 heterocycles. The van der Waals surface area contributed by atoms with Crippen LogP contribution in [0.25, 0.3) is 27.9 Å². The molecular weight excluding hydrogens is 396 g/mol.